The summed E-state index contributed by atoms with van der Waals surface area (Å²) in [4.78, 5) is 11.6. The van der Waals surface area contributed by atoms with Crippen LogP contribution in [0.2, 0.25) is 0 Å². The predicted molar refractivity (Wildman–Crippen MR) is 114 cm³/mol. The van der Waals surface area contributed by atoms with Crippen LogP contribution < -0.4 is 15.8 Å². The Labute approximate surface area is 165 Å². The van der Waals surface area contributed by atoms with E-state index in [1.54, 1.807) is 6.92 Å². The van der Waals surface area contributed by atoms with Crippen molar-refractivity contribution in [3.05, 3.63) is 42.5 Å². The first-order valence-electron chi connectivity index (χ1n) is 9.67. The summed E-state index contributed by atoms with van der Waals surface area (Å²) in [6.45, 7) is 7.69. The molecule has 28 heavy (non-hydrogen) atoms. The fourth-order valence-electron chi connectivity index (χ4n) is 3.38. The number of aromatic nitrogens is 1. The number of benzene rings is 2. The van der Waals surface area contributed by atoms with E-state index in [1.165, 1.54) is 0 Å². The lowest BCUT2D eigenvalue weighted by atomic mass is 10.1. The summed E-state index contributed by atoms with van der Waals surface area (Å²) in [5.74, 6) is 0.838. The smallest absolute Gasteiger partial charge is 0.411 e. The monoisotopic (exact) mass is 381 g/mol. The molecule has 0 aliphatic carbocycles. The minimum absolute atomic E-state index is 0.335. The van der Waals surface area contributed by atoms with Crippen molar-refractivity contribution in [1.82, 2.24) is 4.57 Å². The van der Waals surface area contributed by atoms with Gasteiger partial charge in [-0.1, -0.05) is 19.1 Å². The molecule has 6 nitrogen and oxygen atoms in total. The lowest BCUT2D eigenvalue weighted by Crippen LogP contribution is -2.13. The Morgan fingerprint density at radius 1 is 1.07 bits per heavy atom. The summed E-state index contributed by atoms with van der Waals surface area (Å²) >= 11 is 0. The molecule has 3 aromatic rings. The van der Waals surface area contributed by atoms with Crippen LogP contribution in [0.4, 0.5) is 16.2 Å². The molecule has 0 aliphatic rings. The number of hydrogen-bond acceptors (Lipinski definition) is 4. The summed E-state index contributed by atoms with van der Waals surface area (Å²) in [6.07, 6.45) is 0.524. The highest BCUT2D eigenvalue weighted by Gasteiger charge is 2.17. The third-order valence-corrected chi connectivity index (χ3v) is 4.51. The number of hydrogen-bond donors (Lipinski definition) is 2. The van der Waals surface area contributed by atoms with Crippen LogP contribution in [0.3, 0.4) is 0 Å². The van der Waals surface area contributed by atoms with E-state index in [4.69, 9.17) is 15.2 Å². The van der Waals surface area contributed by atoms with E-state index in [2.05, 4.69) is 16.8 Å². The van der Waals surface area contributed by atoms with Crippen LogP contribution in [-0.2, 0) is 11.3 Å². The largest absolute Gasteiger partial charge is 0.494 e. The van der Waals surface area contributed by atoms with Crippen molar-refractivity contribution >= 4 is 28.4 Å². The molecule has 2 aromatic carbocycles. The van der Waals surface area contributed by atoms with E-state index < -0.39 is 6.09 Å². The zero-order valence-corrected chi connectivity index (χ0v) is 16.6. The maximum Gasteiger partial charge on any atom is 0.411 e. The molecule has 0 saturated heterocycles. The van der Waals surface area contributed by atoms with Gasteiger partial charge < -0.3 is 19.8 Å². The molecule has 0 fully saturated rings. The number of carbonyl (C=O) groups excluding carboxylic acids is 1. The number of fused-ring (bicyclic) bond motifs is 1. The van der Waals surface area contributed by atoms with Gasteiger partial charge in [-0.25, -0.2) is 4.79 Å². The third-order valence-electron chi connectivity index (χ3n) is 4.51. The van der Waals surface area contributed by atoms with Gasteiger partial charge in [0.15, 0.2) is 0 Å². The number of amides is 1. The Kier molecular flexibility index (Phi) is 6.09. The van der Waals surface area contributed by atoms with E-state index >= 15 is 0 Å². The zero-order valence-electron chi connectivity index (χ0n) is 16.6. The second-order valence-corrected chi connectivity index (χ2v) is 6.45. The number of ether oxygens (including phenoxy) is 2. The van der Waals surface area contributed by atoms with Crippen LogP contribution in [0.5, 0.6) is 5.75 Å². The second kappa shape index (κ2) is 8.69. The van der Waals surface area contributed by atoms with Gasteiger partial charge in [0.05, 0.1) is 30.1 Å². The van der Waals surface area contributed by atoms with Gasteiger partial charge in [0.2, 0.25) is 0 Å². The molecule has 0 radical (unpaired) electrons. The number of rotatable bonds is 7. The van der Waals surface area contributed by atoms with Gasteiger partial charge in [-0.3, -0.25) is 5.32 Å². The number of aryl methyl sites for hydroxylation is 1. The molecule has 3 rings (SSSR count). The molecular weight excluding hydrogens is 354 g/mol. The van der Waals surface area contributed by atoms with Crippen molar-refractivity contribution in [2.24, 2.45) is 0 Å². The first-order valence-corrected chi connectivity index (χ1v) is 9.67. The van der Waals surface area contributed by atoms with E-state index in [-0.39, 0.29) is 0 Å². The van der Waals surface area contributed by atoms with Gasteiger partial charge in [-0.05, 0) is 44.5 Å². The van der Waals surface area contributed by atoms with Gasteiger partial charge in [-0.2, -0.15) is 0 Å². The van der Waals surface area contributed by atoms with E-state index in [1.807, 2.05) is 49.4 Å². The molecule has 1 aromatic heterocycles. The Morgan fingerprint density at radius 3 is 2.46 bits per heavy atom. The summed E-state index contributed by atoms with van der Waals surface area (Å²) < 4.78 is 12.8. The van der Waals surface area contributed by atoms with Crippen LogP contribution >= 0.6 is 0 Å². The molecule has 6 heteroatoms. The van der Waals surface area contributed by atoms with E-state index in [0.29, 0.717) is 18.9 Å². The normalized spacial score (nSPS) is 10.8. The highest BCUT2D eigenvalue weighted by Crippen LogP contribution is 2.38. The minimum Gasteiger partial charge on any atom is -0.494 e. The molecule has 148 valence electrons. The maximum absolute atomic E-state index is 11.6. The Bertz CT molecular complexity index is 961. The molecule has 0 spiro atoms. The van der Waals surface area contributed by atoms with E-state index in [9.17, 15) is 4.79 Å². The fraction of sp³-hybridized carbons (Fsp3) is 0.318. The minimum atomic E-state index is -0.460. The van der Waals surface area contributed by atoms with Crippen molar-refractivity contribution in [2.45, 2.75) is 33.7 Å². The number of carbonyl (C=O) groups is 1. The highest BCUT2D eigenvalue weighted by molar-refractivity contribution is 6.01. The first-order chi connectivity index (χ1) is 13.6. The number of nitrogen functional groups attached to an aromatic ring is 1. The predicted octanol–water partition coefficient (Wildman–Crippen LogP) is 5.27. The molecule has 1 amide bonds. The van der Waals surface area contributed by atoms with Crippen molar-refractivity contribution in [3.8, 4) is 17.0 Å². The van der Waals surface area contributed by atoms with Crippen molar-refractivity contribution < 1.29 is 14.3 Å². The van der Waals surface area contributed by atoms with Crippen LogP contribution in [-0.4, -0.2) is 23.9 Å². The van der Waals surface area contributed by atoms with Crippen LogP contribution in [0.15, 0.2) is 42.5 Å². The average molecular weight is 381 g/mol. The third kappa shape index (κ3) is 3.91. The zero-order chi connectivity index (χ0) is 20.1. The number of nitrogens with zero attached hydrogens (tertiary/aromatic N) is 1. The number of anilines is 2. The van der Waals surface area contributed by atoms with Crippen molar-refractivity contribution in [2.75, 3.05) is 24.3 Å². The SMILES string of the molecule is CCCn1c(-c2ccc(NC(=O)OCC)cc2)c(N)c2ccc(OCC)cc21. The number of nitrogens with two attached hydrogens (primary N) is 1. The molecule has 0 bridgehead atoms. The summed E-state index contributed by atoms with van der Waals surface area (Å²) in [7, 11) is 0. The molecule has 0 unspecified atom stereocenters. The first kappa shape index (κ1) is 19.6. The van der Waals surface area contributed by atoms with Gasteiger partial charge >= 0.3 is 6.09 Å². The fourth-order valence-corrected chi connectivity index (χ4v) is 3.38. The summed E-state index contributed by atoms with van der Waals surface area (Å²) in [6, 6.07) is 13.6. The Hall–Kier alpha value is -3.15. The molecule has 1 heterocycles. The Morgan fingerprint density at radius 2 is 1.82 bits per heavy atom. The number of nitrogens with one attached hydrogen (secondary N) is 1. The van der Waals surface area contributed by atoms with Crippen molar-refractivity contribution in [3.63, 3.8) is 0 Å². The van der Waals surface area contributed by atoms with Crippen LogP contribution in [0.25, 0.3) is 22.2 Å². The summed E-state index contributed by atoms with van der Waals surface area (Å²) in [5, 5.41) is 3.72. The Balaban J connectivity index is 2.02. The van der Waals surface area contributed by atoms with Crippen LogP contribution in [0, 0.1) is 0 Å². The second-order valence-electron chi connectivity index (χ2n) is 6.45. The van der Waals surface area contributed by atoms with Crippen LogP contribution in [0.1, 0.15) is 27.2 Å². The topological polar surface area (TPSA) is 78.5 Å². The lowest BCUT2D eigenvalue weighted by Gasteiger charge is -2.12. The lowest BCUT2D eigenvalue weighted by molar-refractivity contribution is 0.168. The molecule has 0 saturated carbocycles. The highest BCUT2D eigenvalue weighted by atomic mass is 16.5. The quantitative estimate of drug-likeness (QED) is 0.584. The van der Waals surface area contributed by atoms with Crippen molar-refractivity contribution in [1.29, 1.82) is 0 Å². The van der Waals surface area contributed by atoms with Gasteiger partial charge in [-0.15, -0.1) is 0 Å². The molecular formula is C22H27N3O3. The molecule has 0 atom stereocenters. The van der Waals surface area contributed by atoms with Gasteiger partial charge in [0.1, 0.15) is 5.75 Å². The van der Waals surface area contributed by atoms with E-state index in [0.717, 1.165) is 46.6 Å². The molecule has 3 N–H and O–H groups in total. The average Bonchev–Trinajstić information content (AvgIpc) is 2.95. The van der Waals surface area contributed by atoms with Gasteiger partial charge in [0.25, 0.3) is 0 Å². The molecule has 0 aliphatic heterocycles. The maximum atomic E-state index is 11.6. The standard InChI is InChI=1S/C22H27N3O3/c1-4-13-25-19-14-17(27-5-2)11-12-18(19)20(23)21(25)15-7-9-16(10-8-15)24-22(26)28-6-3/h7-12,14H,4-6,13,23H2,1-3H3,(H,24,26). The van der Waals surface area contributed by atoms with Gasteiger partial charge in [0, 0.05) is 29.2 Å². The summed E-state index contributed by atoms with van der Waals surface area (Å²) in [5.41, 5.74) is 11.0.